The van der Waals surface area contributed by atoms with Gasteiger partial charge >= 0.3 is 12.4 Å². The third-order valence-electron chi connectivity index (χ3n) is 12.0. The summed E-state index contributed by atoms with van der Waals surface area (Å²) in [6.45, 7) is 8.12. The zero-order valence-corrected chi connectivity index (χ0v) is 35.0. The molecule has 10 aromatic rings. The molecule has 0 radical (unpaired) electrons. The second-order valence-electron chi connectivity index (χ2n) is 16.7. The third kappa shape index (κ3) is 6.87. The van der Waals surface area contributed by atoms with Crippen molar-refractivity contribution in [2.75, 3.05) is 0 Å². The summed E-state index contributed by atoms with van der Waals surface area (Å²) >= 11 is 0. The molecule has 8 aromatic carbocycles. The molecule has 0 saturated heterocycles. The van der Waals surface area contributed by atoms with E-state index in [1.54, 1.807) is 12.1 Å². The molecule has 9 heteroatoms. The van der Waals surface area contributed by atoms with Crippen LogP contribution in [0, 0.1) is 39.0 Å². The molecule has 0 fully saturated rings. The molecule has 10 rings (SSSR count). The summed E-state index contributed by atoms with van der Waals surface area (Å²) in [7, 11) is 0. The van der Waals surface area contributed by atoms with Gasteiger partial charge in [-0.25, -0.2) is 0 Å². The molecule has 0 amide bonds. The van der Waals surface area contributed by atoms with Crippen molar-refractivity contribution in [3.8, 4) is 50.8 Å². The van der Waals surface area contributed by atoms with Gasteiger partial charge in [0, 0.05) is 27.1 Å². The zero-order chi connectivity index (χ0) is 44.8. The molecule has 0 aliphatic rings. The van der Waals surface area contributed by atoms with Gasteiger partial charge in [0.1, 0.15) is 0 Å². The number of aromatic nitrogens is 2. The summed E-state index contributed by atoms with van der Waals surface area (Å²) in [6.07, 6.45) is -10.2. The van der Waals surface area contributed by atoms with Crippen molar-refractivity contribution in [2.24, 2.45) is 0 Å². The maximum atomic E-state index is 14.8. The lowest BCUT2D eigenvalue weighted by atomic mass is 9.94. The predicted octanol–water partition coefficient (Wildman–Crippen LogP) is 16.0. The molecule has 0 bridgehead atoms. The van der Waals surface area contributed by atoms with Gasteiger partial charge < -0.3 is 9.13 Å². The number of nitriles is 1. The first-order valence-corrected chi connectivity index (χ1v) is 20.7. The number of aryl methyl sites for hydroxylation is 4. The Hall–Kier alpha value is -7.57. The second-order valence-corrected chi connectivity index (χ2v) is 16.7. The monoisotopic (exact) mass is 853 g/mol. The zero-order valence-electron chi connectivity index (χ0n) is 35.0. The van der Waals surface area contributed by atoms with E-state index in [9.17, 15) is 31.6 Å². The van der Waals surface area contributed by atoms with E-state index in [0.717, 1.165) is 78.2 Å². The number of benzene rings is 8. The van der Waals surface area contributed by atoms with Crippen LogP contribution in [0.4, 0.5) is 26.3 Å². The number of para-hydroxylation sites is 2. The summed E-state index contributed by atoms with van der Waals surface area (Å²) in [5, 5.41) is 14.0. The highest BCUT2D eigenvalue weighted by Gasteiger charge is 2.38. The molecule has 2 aromatic heterocycles. The van der Waals surface area contributed by atoms with Gasteiger partial charge in [-0.1, -0.05) is 107 Å². The van der Waals surface area contributed by atoms with Crippen LogP contribution in [0.25, 0.3) is 88.4 Å². The van der Waals surface area contributed by atoms with Crippen LogP contribution in [0.15, 0.2) is 152 Å². The van der Waals surface area contributed by atoms with Gasteiger partial charge in [0.15, 0.2) is 0 Å². The normalized spacial score (nSPS) is 12.2. The van der Waals surface area contributed by atoms with Crippen LogP contribution < -0.4 is 0 Å². The van der Waals surface area contributed by atoms with Gasteiger partial charge in [-0.05, 0) is 122 Å². The van der Waals surface area contributed by atoms with Gasteiger partial charge in [-0.2, -0.15) is 31.6 Å². The lowest BCUT2D eigenvalue weighted by molar-refractivity contribution is -0.143. The molecular formula is C55H37F6N3. The first-order chi connectivity index (χ1) is 30.5. The Morgan fingerprint density at radius 3 is 1.17 bits per heavy atom. The molecule has 0 spiro atoms. The van der Waals surface area contributed by atoms with Crippen LogP contribution in [-0.4, -0.2) is 9.13 Å². The fourth-order valence-electron chi connectivity index (χ4n) is 9.53. The Labute approximate surface area is 364 Å². The first-order valence-electron chi connectivity index (χ1n) is 20.7. The lowest BCUT2D eigenvalue weighted by Gasteiger charge is -2.22. The third-order valence-corrected chi connectivity index (χ3v) is 12.0. The summed E-state index contributed by atoms with van der Waals surface area (Å²) in [6, 6.07) is 46.6. The summed E-state index contributed by atoms with van der Waals surface area (Å²) < 4.78 is 92.4. The summed E-state index contributed by atoms with van der Waals surface area (Å²) in [4.78, 5) is 0. The quantitative estimate of drug-likeness (QED) is 0.159. The van der Waals surface area contributed by atoms with E-state index in [-0.39, 0.29) is 34.1 Å². The molecule has 0 saturated carbocycles. The topological polar surface area (TPSA) is 33.6 Å². The molecule has 0 aliphatic heterocycles. The molecule has 3 nitrogen and oxygen atoms in total. The van der Waals surface area contributed by atoms with E-state index < -0.39 is 23.5 Å². The Balaban J connectivity index is 1.36. The average molecular weight is 854 g/mol. The maximum absolute atomic E-state index is 14.8. The summed E-state index contributed by atoms with van der Waals surface area (Å²) in [5.41, 5.74) is 8.37. The van der Waals surface area contributed by atoms with Crippen LogP contribution in [0.1, 0.15) is 38.9 Å². The maximum Gasteiger partial charge on any atom is 0.416 e. The Morgan fingerprint density at radius 2 is 0.781 bits per heavy atom. The van der Waals surface area contributed by atoms with Crippen molar-refractivity contribution in [3.05, 3.63) is 191 Å². The fourth-order valence-corrected chi connectivity index (χ4v) is 9.53. The van der Waals surface area contributed by atoms with Gasteiger partial charge in [-0.15, -0.1) is 0 Å². The standard InChI is InChI=1S/C55H37F6N3/c1-31-17-32(2)20-38(19-31)36-13-15-49-45(27-36)43-9-5-7-11-47(43)63(49)51-23-35(30-62)24-52(53(51)40-25-41(54(56,57)58)29-42(26-40)55(59,60)61)64-48-12-8-6-10-44(48)46-28-37(14-16-50(46)64)39-21-33(3)18-34(4)22-39/h5-29H,1-4H3. The van der Waals surface area contributed by atoms with Crippen LogP contribution >= 0.6 is 0 Å². The smallest absolute Gasteiger partial charge is 0.308 e. The van der Waals surface area contributed by atoms with E-state index in [4.69, 9.17) is 0 Å². The minimum absolute atomic E-state index is 0.0812. The average Bonchev–Trinajstić information content (AvgIpc) is 3.76. The van der Waals surface area contributed by atoms with Crippen LogP contribution in [0.2, 0.25) is 0 Å². The summed E-state index contributed by atoms with van der Waals surface area (Å²) in [5.74, 6) is 0. The van der Waals surface area contributed by atoms with Crippen molar-refractivity contribution in [2.45, 2.75) is 40.0 Å². The minimum atomic E-state index is -5.11. The van der Waals surface area contributed by atoms with Crippen LogP contribution in [-0.2, 0) is 12.4 Å². The molecule has 0 unspecified atom stereocenters. The van der Waals surface area contributed by atoms with Crippen molar-refractivity contribution in [3.63, 3.8) is 0 Å². The van der Waals surface area contributed by atoms with E-state index in [1.807, 2.05) is 110 Å². The second kappa shape index (κ2) is 14.8. The fraction of sp³-hybridized carbons (Fsp3) is 0.109. The SMILES string of the molecule is Cc1cc(C)cc(-c2ccc3c(c2)c2ccccc2n3-c2cc(C#N)cc(-n3c4ccccc4c4cc(-c5cc(C)cc(C)c5)ccc43)c2-c2cc(C(F)(F)F)cc(C(F)(F)F)c2)c1. The van der Waals surface area contributed by atoms with Gasteiger partial charge in [0.2, 0.25) is 0 Å². The molecule has 2 heterocycles. The van der Waals surface area contributed by atoms with E-state index in [2.05, 4.69) is 54.6 Å². The van der Waals surface area contributed by atoms with Gasteiger partial charge in [0.25, 0.3) is 0 Å². The number of fused-ring (bicyclic) bond motifs is 6. The number of hydrogen-bond acceptors (Lipinski definition) is 1. The Bertz CT molecular complexity index is 3330. The van der Waals surface area contributed by atoms with Crippen molar-refractivity contribution in [1.29, 1.82) is 5.26 Å². The molecule has 314 valence electrons. The number of rotatable bonds is 5. The largest absolute Gasteiger partial charge is 0.416 e. The van der Waals surface area contributed by atoms with Gasteiger partial charge in [0.05, 0.1) is 56.2 Å². The minimum Gasteiger partial charge on any atom is -0.308 e. The van der Waals surface area contributed by atoms with Crippen molar-refractivity contribution < 1.29 is 26.3 Å². The van der Waals surface area contributed by atoms with Gasteiger partial charge in [-0.3, -0.25) is 0 Å². The van der Waals surface area contributed by atoms with Crippen LogP contribution in [0.3, 0.4) is 0 Å². The van der Waals surface area contributed by atoms with E-state index in [0.29, 0.717) is 22.1 Å². The first kappa shape index (κ1) is 40.5. The highest BCUT2D eigenvalue weighted by molar-refractivity contribution is 6.13. The van der Waals surface area contributed by atoms with Crippen molar-refractivity contribution >= 4 is 43.6 Å². The Kier molecular flexibility index (Phi) is 9.35. The highest BCUT2D eigenvalue weighted by atomic mass is 19.4. The van der Waals surface area contributed by atoms with E-state index >= 15 is 0 Å². The van der Waals surface area contributed by atoms with Crippen LogP contribution in [0.5, 0.6) is 0 Å². The molecular weight excluding hydrogens is 817 g/mol. The van der Waals surface area contributed by atoms with Crippen molar-refractivity contribution in [1.82, 2.24) is 9.13 Å². The lowest BCUT2D eigenvalue weighted by Crippen LogP contribution is -2.12. The molecule has 0 atom stereocenters. The highest BCUT2D eigenvalue weighted by Crippen LogP contribution is 2.47. The number of hydrogen-bond donors (Lipinski definition) is 0. The Morgan fingerprint density at radius 1 is 0.391 bits per heavy atom. The predicted molar refractivity (Wildman–Crippen MR) is 245 cm³/mol. The molecule has 64 heavy (non-hydrogen) atoms. The molecule has 0 N–H and O–H groups in total. The van der Waals surface area contributed by atoms with E-state index in [1.165, 1.54) is 0 Å². The number of halogens is 6. The molecule has 0 aliphatic carbocycles. The number of alkyl halides is 6. The number of nitrogens with zero attached hydrogens (tertiary/aromatic N) is 3.